The second kappa shape index (κ2) is 5.68. The van der Waals surface area contributed by atoms with E-state index in [0.717, 1.165) is 28.5 Å². The van der Waals surface area contributed by atoms with Crippen LogP contribution in [-0.4, -0.2) is 40.3 Å². The minimum Gasteiger partial charge on any atom is -0.324 e. The van der Waals surface area contributed by atoms with E-state index in [1.807, 2.05) is 67.4 Å². The molecule has 3 amide bonds. The molecule has 2 spiro atoms. The number of nitrogens with one attached hydrogen (secondary N) is 2. The van der Waals surface area contributed by atoms with Gasteiger partial charge in [-0.15, -0.1) is 0 Å². The summed E-state index contributed by atoms with van der Waals surface area (Å²) in [6.45, 7) is 2.49. The molecule has 2 fully saturated rings. The van der Waals surface area contributed by atoms with Crippen LogP contribution in [-0.2, 0) is 15.1 Å². The van der Waals surface area contributed by atoms with Gasteiger partial charge in [0.25, 0.3) is 11.1 Å². The fraction of sp³-hybridized carbons (Fsp3) is 0.286. The van der Waals surface area contributed by atoms with Crippen LogP contribution in [0.4, 0.5) is 10.5 Å². The summed E-state index contributed by atoms with van der Waals surface area (Å²) in [6.07, 6.45) is 0. The van der Waals surface area contributed by atoms with E-state index < -0.39 is 21.4 Å². The lowest BCUT2D eigenvalue weighted by molar-refractivity contribution is -0.133. The van der Waals surface area contributed by atoms with E-state index in [9.17, 15) is 14.4 Å². The van der Waals surface area contributed by atoms with Crippen molar-refractivity contribution in [3.8, 4) is 0 Å². The summed E-state index contributed by atoms with van der Waals surface area (Å²) in [5.41, 5.74) is 2.25. The Morgan fingerprint density at radius 2 is 1.71 bits per heavy atom. The molecule has 3 atom stereocenters. The number of benzene rings is 2. The Balaban J connectivity index is 1.81. The Bertz CT molecular complexity index is 1040. The number of imide groups is 1. The van der Waals surface area contributed by atoms with Gasteiger partial charge in [-0.3, -0.25) is 24.6 Å². The summed E-state index contributed by atoms with van der Waals surface area (Å²) in [6, 6.07) is 15.4. The monoisotopic (exact) mass is 393 g/mol. The third-order valence-corrected chi connectivity index (χ3v) is 7.61. The molecule has 3 aliphatic heterocycles. The third-order valence-electron chi connectivity index (χ3n) is 6.24. The van der Waals surface area contributed by atoms with Crippen molar-refractivity contribution in [2.24, 2.45) is 0 Å². The average Bonchev–Trinajstić information content (AvgIpc) is 3.23. The van der Waals surface area contributed by atoms with Crippen LogP contribution in [0.2, 0.25) is 0 Å². The maximum absolute atomic E-state index is 13.5. The Morgan fingerprint density at radius 3 is 2.39 bits per heavy atom. The van der Waals surface area contributed by atoms with E-state index in [4.69, 9.17) is 0 Å². The van der Waals surface area contributed by atoms with Crippen molar-refractivity contribution >= 4 is 34.5 Å². The number of hydrogen-bond donors (Lipinski definition) is 2. The average molecular weight is 393 g/mol. The van der Waals surface area contributed by atoms with E-state index >= 15 is 0 Å². The molecule has 2 saturated heterocycles. The lowest BCUT2D eigenvalue weighted by Crippen LogP contribution is -2.61. The summed E-state index contributed by atoms with van der Waals surface area (Å²) < 4.78 is -1.27. The number of rotatable bonds is 1. The number of aryl methyl sites for hydroxylation is 1. The number of para-hydroxylation sites is 1. The Kier molecular flexibility index (Phi) is 3.54. The fourth-order valence-electron chi connectivity index (χ4n) is 5.08. The van der Waals surface area contributed by atoms with Gasteiger partial charge in [0, 0.05) is 23.7 Å². The number of likely N-dealkylation sites (N-methyl/N-ethyl adjacent to an activating group) is 1. The van der Waals surface area contributed by atoms with Crippen LogP contribution in [0.25, 0.3) is 0 Å². The van der Waals surface area contributed by atoms with Gasteiger partial charge in [-0.25, -0.2) is 0 Å². The zero-order chi connectivity index (χ0) is 19.7. The smallest absolute Gasteiger partial charge is 0.286 e. The van der Waals surface area contributed by atoms with Gasteiger partial charge in [0.2, 0.25) is 5.91 Å². The molecule has 2 N–H and O–H groups in total. The van der Waals surface area contributed by atoms with Crippen molar-refractivity contribution in [1.82, 2.24) is 10.2 Å². The first-order chi connectivity index (χ1) is 13.4. The van der Waals surface area contributed by atoms with Gasteiger partial charge in [0.05, 0.1) is 0 Å². The molecule has 7 heteroatoms. The van der Waals surface area contributed by atoms with Gasteiger partial charge in [-0.05, 0) is 37.4 Å². The van der Waals surface area contributed by atoms with Crippen LogP contribution in [0.5, 0.6) is 0 Å². The number of carbonyl (C=O) groups is 3. The number of amides is 3. The lowest BCUT2D eigenvalue weighted by atomic mass is 9.72. The topological polar surface area (TPSA) is 78.5 Å². The van der Waals surface area contributed by atoms with E-state index in [0.29, 0.717) is 12.2 Å². The molecule has 3 heterocycles. The fourth-order valence-corrected chi connectivity index (χ4v) is 6.51. The molecule has 0 aromatic heterocycles. The number of thioether (sulfide) groups is 1. The van der Waals surface area contributed by atoms with Crippen LogP contribution in [0.3, 0.4) is 0 Å². The molecule has 6 nitrogen and oxygen atoms in total. The summed E-state index contributed by atoms with van der Waals surface area (Å²) in [5.74, 6) is -0.973. The maximum Gasteiger partial charge on any atom is 0.286 e. The van der Waals surface area contributed by atoms with E-state index in [-0.39, 0.29) is 11.8 Å². The predicted molar refractivity (Wildman–Crippen MR) is 107 cm³/mol. The second-order valence-corrected chi connectivity index (χ2v) is 8.85. The van der Waals surface area contributed by atoms with Gasteiger partial charge >= 0.3 is 0 Å². The van der Waals surface area contributed by atoms with Crippen molar-refractivity contribution in [3.63, 3.8) is 0 Å². The summed E-state index contributed by atoms with van der Waals surface area (Å²) in [5, 5.41) is 5.00. The maximum atomic E-state index is 13.5. The number of carbonyl (C=O) groups excluding carboxylic acids is 3. The van der Waals surface area contributed by atoms with Gasteiger partial charge in [0.15, 0.2) is 5.54 Å². The first kappa shape index (κ1) is 17.5. The van der Waals surface area contributed by atoms with Crippen LogP contribution in [0, 0.1) is 6.92 Å². The Hall–Kier alpha value is -2.64. The van der Waals surface area contributed by atoms with Gasteiger partial charge in [-0.1, -0.05) is 48.0 Å². The zero-order valence-electron chi connectivity index (χ0n) is 15.5. The number of anilines is 1. The highest BCUT2D eigenvalue weighted by molar-refractivity contribution is 8.16. The number of nitrogens with zero attached hydrogens (tertiary/aromatic N) is 1. The van der Waals surface area contributed by atoms with Gasteiger partial charge < -0.3 is 5.32 Å². The molecule has 2 aromatic rings. The lowest BCUT2D eigenvalue weighted by Gasteiger charge is -2.41. The first-order valence-corrected chi connectivity index (χ1v) is 9.96. The molecule has 28 heavy (non-hydrogen) atoms. The summed E-state index contributed by atoms with van der Waals surface area (Å²) in [7, 11) is 1.86. The Labute approximate surface area is 166 Å². The first-order valence-electron chi connectivity index (χ1n) is 9.14. The van der Waals surface area contributed by atoms with Gasteiger partial charge in [-0.2, -0.15) is 0 Å². The van der Waals surface area contributed by atoms with Crippen molar-refractivity contribution in [3.05, 3.63) is 65.2 Å². The summed E-state index contributed by atoms with van der Waals surface area (Å²) in [4.78, 5) is 41.1. The van der Waals surface area contributed by atoms with Crippen LogP contribution in [0.15, 0.2) is 48.5 Å². The largest absolute Gasteiger partial charge is 0.324 e. The molecule has 0 unspecified atom stereocenters. The minimum absolute atomic E-state index is 0.261. The van der Waals surface area contributed by atoms with E-state index in [2.05, 4.69) is 10.6 Å². The Morgan fingerprint density at radius 1 is 1.00 bits per heavy atom. The number of likely N-dealkylation sites (tertiary alicyclic amines) is 1. The van der Waals surface area contributed by atoms with Gasteiger partial charge in [0.1, 0.15) is 4.75 Å². The molecule has 0 aliphatic carbocycles. The van der Waals surface area contributed by atoms with Crippen molar-refractivity contribution in [1.29, 1.82) is 0 Å². The molecule has 142 valence electrons. The highest BCUT2D eigenvalue weighted by Crippen LogP contribution is 2.64. The molecular weight excluding hydrogens is 374 g/mol. The van der Waals surface area contributed by atoms with Crippen LogP contribution >= 0.6 is 11.8 Å². The molecule has 0 saturated carbocycles. The highest BCUT2D eigenvalue weighted by Gasteiger charge is 2.77. The number of hydrogen-bond acceptors (Lipinski definition) is 5. The molecule has 3 aliphatic rings. The number of fused-ring (bicyclic) bond motifs is 3. The summed E-state index contributed by atoms with van der Waals surface area (Å²) >= 11 is 0.956. The third kappa shape index (κ3) is 1.90. The predicted octanol–water partition coefficient (Wildman–Crippen LogP) is 2.59. The van der Waals surface area contributed by atoms with Crippen LogP contribution in [0.1, 0.15) is 22.6 Å². The zero-order valence-corrected chi connectivity index (χ0v) is 16.3. The van der Waals surface area contributed by atoms with Crippen molar-refractivity contribution in [2.45, 2.75) is 23.1 Å². The molecular formula is C21H19N3O3S. The van der Waals surface area contributed by atoms with Crippen molar-refractivity contribution in [2.75, 3.05) is 18.9 Å². The molecule has 5 rings (SSSR count). The standard InChI is InChI=1S/C21H19N3O3S/c1-12-7-9-13(10-8-12)15-11-24(2)20(21(15)18(26)23-19(27)28-21)14-5-3-4-6-16(14)22-17(20)25/h3-10,15H,11H2,1-2H3,(H,22,25)(H,23,26,27)/t15-,20+,21-/m0/s1. The normalized spacial score (nSPS) is 31.5. The second-order valence-electron chi connectivity index (χ2n) is 7.63. The minimum atomic E-state index is -1.27. The highest BCUT2D eigenvalue weighted by atomic mass is 32.2. The van der Waals surface area contributed by atoms with Crippen LogP contribution < -0.4 is 10.6 Å². The molecule has 0 radical (unpaired) electrons. The van der Waals surface area contributed by atoms with E-state index in [1.165, 1.54) is 0 Å². The van der Waals surface area contributed by atoms with E-state index in [1.54, 1.807) is 0 Å². The molecule has 0 bridgehead atoms. The van der Waals surface area contributed by atoms with Crippen molar-refractivity contribution < 1.29 is 14.4 Å². The quantitative estimate of drug-likeness (QED) is 0.779. The molecule has 2 aromatic carbocycles. The SMILES string of the molecule is Cc1ccc([C@@H]2CN(C)[C@]3(C(=O)Nc4ccccc43)[C@]23SC(=O)NC3=O)cc1.